The van der Waals surface area contributed by atoms with Crippen molar-refractivity contribution in [1.29, 1.82) is 0 Å². The zero-order chi connectivity index (χ0) is 29.8. The Balaban J connectivity index is 1.51. The molecule has 1 aliphatic carbocycles. The van der Waals surface area contributed by atoms with Crippen molar-refractivity contribution >= 4 is 33.2 Å². The van der Waals surface area contributed by atoms with Crippen molar-refractivity contribution < 1.29 is 31.1 Å². The van der Waals surface area contributed by atoms with Crippen LogP contribution in [-0.2, 0) is 21.8 Å². The SMILES string of the molecule is CN(C)CCS(=O)(=O)CC(=O)c1ccc(Cc2nc(NC3(c4ccc(Cl)cc4)CC3)nc(OCC(F)(F)F)n2)cc1. The van der Waals surface area contributed by atoms with Gasteiger partial charge in [0.2, 0.25) is 5.95 Å². The number of anilines is 1. The summed E-state index contributed by atoms with van der Waals surface area (Å²) in [7, 11) is -0.0728. The maximum absolute atomic E-state index is 12.8. The number of nitrogens with one attached hydrogen (secondary N) is 1. The van der Waals surface area contributed by atoms with Gasteiger partial charge >= 0.3 is 12.2 Å². The molecule has 3 aromatic rings. The first-order valence-corrected chi connectivity index (χ1v) is 14.9. The van der Waals surface area contributed by atoms with Gasteiger partial charge in [-0.25, -0.2) is 8.42 Å². The van der Waals surface area contributed by atoms with Crippen molar-refractivity contribution in [3.8, 4) is 6.01 Å². The third kappa shape index (κ3) is 9.10. The molecule has 41 heavy (non-hydrogen) atoms. The van der Waals surface area contributed by atoms with Crippen LogP contribution in [0.1, 0.15) is 40.2 Å². The molecule has 0 radical (unpaired) electrons. The van der Waals surface area contributed by atoms with Crippen LogP contribution in [0.25, 0.3) is 0 Å². The third-order valence-electron chi connectivity index (χ3n) is 6.36. The van der Waals surface area contributed by atoms with E-state index in [9.17, 15) is 26.4 Å². The number of hydrogen-bond donors (Lipinski definition) is 1. The number of ketones is 1. The topological polar surface area (TPSA) is 114 Å². The van der Waals surface area contributed by atoms with Crippen molar-refractivity contribution in [2.75, 3.05) is 44.1 Å². The minimum Gasteiger partial charge on any atom is -0.454 e. The highest BCUT2D eigenvalue weighted by atomic mass is 35.5. The van der Waals surface area contributed by atoms with Crippen LogP contribution in [0.15, 0.2) is 48.5 Å². The Labute approximate surface area is 241 Å². The first-order chi connectivity index (χ1) is 19.2. The zero-order valence-electron chi connectivity index (χ0n) is 22.4. The summed E-state index contributed by atoms with van der Waals surface area (Å²) in [5.74, 6) is -1.04. The maximum atomic E-state index is 12.8. The smallest absolute Gasteiger partial charge is 0.422 e. The predicted octanol–water partition coefficient (Wildman–Crippen LogP) is 4.32. The van der Waals surface area contributed by atoms with Crippen LogP contribution in [0.5, 0.6) is 6.01 Å². The summed E-state index contributed by atoms with van der Waals surface area (Å²) in [5.41, 5.74) is 1.33. The largest absolute Gasteiger partial charge is 0.454 e. The number of sulfone groups is 1. The molecule has 4 rings (SSSR count). The molecule has 9 nitrogen and oxygen atoms in total. The second kappa shape index (κ2) is 12.3. The second-order valence-corrected chi connectivity index (χ2v) is 12.8. The highest BCUT2D eigenvalue weighted by molar-refractivity contribution is 7.92. The summed E-state index contributed by atoms with van der Waals surface area (Å²) >= 11 is 6.00. The molecule has 1 aliphatic rings. The first kappa shape index (κ1) is 30.7. The van der Waals surface area contributed by atoms with Gasteiger partial charge in [-0.15, -0.1) is 0 Å². The highest BCUT2D eigenvalue weighted by Gasteiger charge is 2.45. The molecular weight excluding hydrogens is 583 g/mol. The van der Waals surface area contributed by atoms with Gasteiger partial charge in [-0.2, -0.15) is 28.1 Å². The van der Waals surface area contributed by atoms with Gasteiger partial charge in [0.1, 0.15) is 11.6 Å². The molecule has 0 spiro atoms. The van der Waals surface area contributed by atoms with E-state index in [1.807, 2.05) is 12.1 Å². The number of hydrogen-bond acceptors (Lipinski definition) is 9. The number of benzene rings is 2. The van der Waals surface area contributed by atoms with Crippen LogP contribution < -0.4 is 10.1 Å². The van der Waals surface area contributed by atoms with E-state index in [1.54, 1.807) is 43.3 Å². The lowest BCUT2D eigenvalue weighted by molar-refractivity contribution is -0.154. The van der Waals surface area contributed by atoms with Crippen molar-refractivity contribution in [1.82, 2.24) is 19.9 Å². The number of carbonyl (C=O) groups is 1. The standard InChI is InChI=1S/C27H29ClF3N5O4S/c1-36(2)13-14-41(38,39)16-22(37)19-5-3-18(4-6-19)15-23-32-24(34-25(33-23)40-17-27(29,30)31)35-26(11-12-26)20-7-9-21(28)10-8-20/h3-10H,11-17H2,1-2H3,(H,32,33,34,35). The van der Waals surface area contributed by atoms with Gasteiger partial charge in [-0.1, -0.05) is 48.0 Å². The molecule has 1 saturated carbocycles. The minimum atomic E-state index is -4.58. The molecule has 14 heteroatoms. The predicted molar refractivity (Wildman–Crippen MR) is 148 cm³/mol. The molecule has 0 saturated heterocycles. The van der Waals surface area contributed by atoms with Crippen LogP contribution in [-0.4, -0.2) is 79.0 Å². The highest BCUT2D eigenvalue weighted by Crippen LogP contribution is 2.48. The number of carbonyl (C=O) groups excluding carboxylic acids is 1. The van der Waals surface area contributed by atoms with E-state index < -0.39 is 45.7 Å². The summed E-state index contributed by atoms with van der Waals surface area (Å²) in [6, 6.07) is 13.0. The van der Waals surface area contributed by atoms with Gasteiger partial charge in [0.05, 0.1) is 11.3 Å². The summed E-state index contributed by atoms with van der Waals surface area (Å²) in [6.45, 7) is -1.25. The number of rotatable bonds is 13. The summed E-state index contributed by atoms with van der Waals surface area (Å²) < 4.78 is 67.8. The van der Waals surface area contributed by atoms with Crippen molar-refractivity contribution in [2.24, 2.45) is 0 Å². The Bertz CT molecular complexity index is 1480. The fraction of sp³-hybridized carbons (Fsp3) is 0.407. The number of alkyl halides is 3. The number of halogens is 4. The summed E-state index contributed by atoms with van der Waals surface area (Å²) in [4.78, 5) is 26.8. The zero-order valence-corrected chi connectivity index (χ0v) is 24.0. The fourth-order valence-electron chi connectivity index (χ4n) is 4.01. The molecule has 1 heterocycles. The Kier molecular flexibility index (Phi) is 9.19. The van der Waals surface area contributed by atoms with E-state index in [1.165, 1.54) is 12.1 Å². The van der Waals surface area contributed by atoms with Crippen LogP contribution in [0.2, 0.25) is 5.02 Å². The molecule has 0 aliphatic heterocycles. The minimum absolute atomic E-state index is 0.0642. The molecule has 0 amide bonds. The quantitative estimate of drug-likeness (QED) is 0.282. The number of ether oxygens (including phenoxy) is 1. The molecule has 0 unspecified atom stereocenters. The molecule has 0 bridgehead atoms. The van der Waals surface area contributed by atoms with Crippen LogP contribution in [0.4, 0.5) is 19.1 Å². The van der Waals surface area contributed by atoms with E-state index in [2.05, 4.69) is 20.3 Å². The van der Waals surface area contributed by atoms with Gasteiger partial charge in [0.15, 0.2) is 22.2 Å². The first-order valence-electron chi connectivity index (χ1n) is 12.7. The van der Waals surface area contributed by atoms with Gasteiger partial charge in [0, 0.05) is 23.6 Å². The van der Waals surface area contributed by atoms with Crippen LogP contribution in [0, 0.1) is 0 Å². The maximum Gasteiger partial charge on any atom is 0.422 e. The Morgan fingerprint density at radius 1 is 1.05 bits per heavy atom. The molecule has 1 N–H and O–H groups in total. The van der Waals surface area contributed by atoms with Gasteiger partial charge in [-0.05, 0) is 50.2 Å². The lowest BCUT2D eigenvalue weighted by Crippen LogP contribution is -2.26. The number of aromatic nitrogens is 3. The van der Waals surface area contributed by atoms with Crippen LogP contribution in [0.3, 0.4) is 0 Å². The van der Waals surface area contributed by atoms with Crippen molar-refractivity contribution in [3.63, 3.8) is 0 Å². The molecule has 220 valence electrons. The van der Waals surface area contributed by atoms with E-state index in [4.69, 9.17) is 16.3 Å². The average molecular weight is 612 g/mol. The molecule has 1 fully saturated rings. The second-order valence-electron chi connectivity index (χ2n) is 10.2. The Morgan fingerprint density at radius 3 is 2.29 bits per heavy atom. The van der Waals surface area contributed by atoms with E-state index in [0.717, 1.165) is 18.4 Å². The van der Waals surface area contributed by atoms with E-state index in [-0.39, 0.29) is 29.5 Å². The molecule has 1 aromatic heterocycles. The lowest BCUT2D eigenvalue weighted by atomic mass is 10.1. The van der Waals surface area contributed by atoms with Crippen LogP contribution >= 0.6 is 11.6 Å². The summed E-state index contributed by atoms with van der Waals surface area (Å²) in [6.07, 6.45) is -2.96. The average Bonchev–Trinajstić information content (AvgIpc) is 3.67. The molecule has 2 aromatic carbocycles. The monoisotopic (exact) mass is 611 g/mol. The Morgan fingerprint density at radius 2 is 1.71 bits per heavy atom. The van der Waals surface area contributed by atoms with E-state index in [0.29, 0.717) is 17.1 Å². The van der Waals surface area contributed by atoms with Crippen molar-refractivity contribution in [3.05, 3.63) is 76.1 Å². The lowest BCUT2D eigenvalue weighted by Gasteiger charge is -2.19. The molecule has 0 atom stereocenters. The third-order valence-corrected chi connectivity index (χ3v) is 8.12. The normalized spacial score (nSPS) is 14.6. The van der Waals surface area contributed by atoms with Gasteiger partial charge < -0.3 is 15.0 Å². The summed E-state index contributed by atoms with van der Waals surface area (Å²) in [5, 5.41) is 3.80. The Hall–Kier alpha value is -3.29. The van der Waals surface area contributed by atoms with Crippen molar-refractivity contribution in [2.45, 2.75) is 31.0 Å². The van der Waals surface area contributed by atoms with Gasteiger partial charge in [0.25, 0.3) is 0 Å². The molecular formula is C27H29ClF3N5O4S. The van der Waals surface area contributed by atoms with E-state index >= 15 is 0 Å². The van der Waals surface area contributed by atoms with Gasteiger partial charge in [-0.3, -0.25) is 4.79 Å². The number of nitrogens with zero attached hydrogens (tertiary/aromatic N) is 4. The number of Topliss-reactive ketones (excluding diaryl/α,β-unsaturated/α-hetero) is 1. The fourth-order valence-corrected chi connectivity index (χ4v) is 5.49.